The number of nitrogens with one attached hydrogen (secondary N) is 2. The lowest BCUT2D eigenvalue weighted by Gasteiger charge is -2.09. The second-order valence-electron chi connectivity index (χ2n) is 5.15. The summed E-state index contributed by atoms with van der Waals surface area (Å²) in [5.41, 5.74) is 3.87. The molecule has 2 amide bonds. The number of halogens is 1. The van der Waals surface area contributed by atoms with Crippen LogP contribution in [0, 0.1) is 6.92 Å². The van der Waals surface area contributed by atoms with E-state index in [9.17, 15) is 9.59 Å². The minimum absolute atomic E-state index is 0.455. The van der Waals surface area contributed by atoms with Crippen molar-refractivity contribution in [2.45, 2.75) is 6.92 Å². The Balaban J connectivity index is 2.03. The van der Waals surface area contributed by atoms with Crippen LogP contribution in [0.25, 0.3) is 0 Å². The fourth-order valence-corrected chi connectivity index (χ4v) is 2.32. The Kier molecular flexibility index (Phi) is 6.57. The van der Waals surface area contributed by atoms with Crippen LogP contribution in [0.3, 0.4) is 0 Å². The highest BCUT2D eigenvalue weighted by atomic mass is 35.5. The molecule has 0 aromatic heterocycles. The molecule has 7 nitrogen and oxygen atoms in total. The van der Waals surface area contributed by atoms with Crippen LogP contribution in [-0.4, -0.2) is 32.2 Å². The van der Waals surface area contributed by atoms with E-state index in [4.69, 9.17) is 21.1 Å². The minimum atomic E-state index is -0.914. The van der Waals surface area contributed by atoms with Gasteiger partial charge >= 0.3 is 11.8 Å². The summed E-state index contributed by atoms with van der Waals surface area (Å²) in [7, 11) is 3.01. The topological polar surface area (TPSA) is 89.0 Å². The number of carbonyl (C=O) groups excluding carboxylic acids is 2. The van der Waals surface area contributed by atoms with Gasteiger partial charge in [0.1, 0.15) is 0 Å². The molecule has 0 unspecified atom stereocenters. The third-order valence-electron chi connectivity index (χ3n) is 3.53. The van der Waals surface area contributed by atoms with Crippen molar-refractivity contribution in [3.63, 3.8) is 0 Å². The normalized spacial score (nSPS) is 10.5. The van der Waals surface area contributed by atoms with Gasteiger partial charge in [0.15, 0.2) is 11.5 Å². The molecule has 0 aliphatic carbocycles. The van der Waals surface area contributed by atoms with Crippen LogP contribution in [-0.2, 0) is 9.59 Å². The molecule has 0 saturated heterocycles. The van der Waals surface area contributed by atoms with Crippen LogP contribution in [0.5, 0.6) is 11.5 Å². The number of hydrogen-bond acceptors (Lipinski definition) is 5. The number of hydrogen-bond donors (Lipinski definition) is 2. The van der Waals surface area contributed by atoms with E-state index in [2.05, 4.69) is 15.8 Å². The number of para-hydroxylation sites is 1. The number of nitrogens with zero attached hydrogens (tertiary/aromatic N) is 1. The molecule has 0 saturated carbocycles. The maximum Gasteiger partial charge on any atom is 0.329 e. The van der Waals surface area contributed by atoms with Crippen molar-refractivity contribution in [2.75, 3.05) is 19.5 Å². The maximum absolute atomic E-state index is 12.0. The van der Waals surface area contributed by atoms with Crippen molar-refractivity contribution >= 4 is 35.3 Å². The van der Waals surface area contributed by atoms with Gasteiger partial charge in [-0.15, -0.1) is 0 Å². The second-order valence-corrected chi connectivity index (χ2v) is 5.56. The van der Waals surface area contributed by atoms with Gasteiger partial charge in [0, 0.05) is 16.3 Å². The molecule has 0 bridgehead atoms. The number of amides is 2. The SMILES string of the molecule is COc1cccc(/C=N\NC(=O)C(=O)Nc2cccc(Cl)c2C)c1OC. The number of ether oxygens (including phenoxy) is 2. The summed E-state index contributed by atoms with van der Waals surface area (Å²) in [5.74, 6) is -0.781. The lowest BCUT2D eigenvalue weighted by Crippen LogP contribution is -2.32. The first kappa shape index (κ1) is 19.3. The average molecular weight is 376 g/mol. The smallest absolute Gasteiger partial charge is 0.329 e. The Bertz CT molecular complexity index is 852. The van der Waals surface area contributed by atoms with E-state index in [0.29, 0.717) is 33.3 Å². The van der Waals surface area contributed by atoms with Crippen molar-refractivity contribution < 1.29 is 19.1 Å². The summed E-state index contributed by atoms with van der Waals surface area (Å²) < 4.78 is 10.4. The average Bonchev–Trinajstić information content (AvgIpc) is 2.64. The Hall–Kier alpha value is -3.06. The Morgan fingerprint density at radius 3 is 2.50 bits per heavy atom. The monoisotopic (exact) mass is 375 g/mol. The van der Waals surface area contributed by atoms with Crippen LogP contribution < -0.4 is 20.2 Å². The Labute approximate surface area is 155 Å². The van der Waals surface area contributed by atoms with Crippen LogP contribution in [0.4, 0.5) is 5.69 Å². The highest BCUT2D eigenvalue weighted by molar-refractivity contribution is 6.40. The predicted molar refractivity (Wildman–Crippen MR) is 100 cm³/mol. The summed E-state index contributed by atoms with van der Waals surface area (Å²) in [4.78, 5) is 23.8. The van der Waals surface area contributed by atoms with Gasteiger partial charge in [-0.05, 0) is 36.8 Å². The first-order valence-corrected chi connectivity index (χ1v) is 7.96. The zero-order chi connectivity index (χ0) is 19.1. The third kappa shape index (κ3) is 4.52. The molecule has 0 aliphatic rings. The van der Waals surface area contributed by atoms with Gasteiger partial charge in [-0.2, -0.15) is 5.10 Å². The van der Waals surface area contributed by atoms with Gasteiger partial charge in [-0.3, -0.25) is 9.59 Å². The first-order valence-electron chi connectivity index (χ1n) is 7.58. The zero-order valence-electron chi connectivity index (χ0n) is 14.5. The molecule has 0 radical (unpaired) electrons. The van der Waals surface area contributed by atoms with Gasteiger partial charge in [-0.1, -0.05) is 23.7 Å². The summed E-state index contributed by atoms with van der Waals surface area (Å²) in [6, 6.07) is 10.2. The highest BCUT2D eigenvalue weighted by Crippen LogP contribution is 2.29. The molecule has 26 heavy (non-hydrogen) atoms. The van der Waals surface area contributed by atoms with E-state index in [0.717, 1.165) is 0 Å². The summed E-state index contributed by atoms with van der Waals surface area (Å²) >= 11 is 5.98. The van der Waals surface area contributed by atoms with Gasteiger partial charge in [0.05, 0.1) is 20.4 Å². The molecule has 0 fully saturated rings. The van der Waals surface area contributed by atoms with E-state index in [1.54, 1.807) is 43.3 Å². The molecule has 8 heteroatoms. The summed E-state index contributed by atoms with van der Waals surface area (Å²) in [6.07, 6.45) is 1.36. The van der Waals surface area contributed by atoms with Crippen LogP contribution in [0.2, 0.25) is 5.02 Å². The van der Waals surface area contributed by atoms with Crippen LogP contribution >= 0.6 is 11.6 Å². The molecule has 0 heterocycles. The summed E-state index contributed by atoms with van der Waals surface area (Å²) in [5, 5.41) is 6.76. The van der Waals surface area contributed by atoms with Gasteiger partial charge in [-0.25, -0.2) is 5.43 Å². The van der Waals surface area contributed by atoms with Gasteiger partial charge < -0.3 is 14.8 Å². The summed E-state index contributed by atoms with van der Waals surface area (Å²) in [6.45, 7) is 1.74. The molecule has 2 aromatic carbocycles. The highest BCUT2D eigenvalue weighted by Gasteiger charge is 2.15. The quantitative estimate of drug-likeness (QED) is 0.477. The largest absolute Gasteiger partial charge is 0.493 e. The molecular weight excluding hydrogens is 358 g/mol. The fourth-order valence-electron chi connectivity index (χ4n) is 2.15. The minimum Gasteiger partial charge on any atom is -0.493 e. The molecule has 0 atom stereocenters. The molecular formula is C18H18ClN3O4. The second kappa shape index (κ2) is 8.87. The fraction of sp³-hybridized carbons (Fsp3) is 0.167. The lowest BCUT2D eigenvalue weighted by molar-refractivity contribution is -0.136. The maximum atomic E-state index is 12.0. The zero-order valence-corrected chi connectivity index (χ0v) is 15.3. The van der Waals surface area contributed by atoms with Crippen molar-refractivity contribution in [1.29, 1.82) is 0 Å². The first-order chi connectivity index (χ1) is 12.5. The molecule has 2 aromatic rings. The van der Waals surface area contributed by atoms with Crippen LogP contribution in [0.15, 0.2) is 41.5 Å². The van der Waals surface area contributed by atoms with Crippen molar-refractivity contribution in [3.8, 4) is 11.5 Å². The van der Waals surface area contributed by atoms with E-state index in [1.807, 2.05) is 0 Å². The predicted octanol–water partition coefficient (Wildman–Crippen LogP) is 2.75. The van der Waals surface area contributed by atoms with Crippen LogP contribution in [0.1, 0.15) is 11.1 Å². The molecule has 2 N–H and O–H groups in total. The van der Waals surface area contributed by atoms with E-state index < -0.39 is 11.8 Å². The number of rotatable bonds is 5. The molecule has 2 rings (SSSR count). The lowest BCUT2D eigenvalue weighted by atomic mass is 10.2. The van der Waals surface area contributed by atoms with Gasteiger partial charge in [0.2, 0.25) is 0 Å². The van der Waals surface area contributed by atoms with E-state index in [1.165, 1.54) is 20.4 Å². The van der Waals surface area contributed by atoms with E-state index >= 15 is 0 Å². The standard InChI is InChI=1S/C18H18ClN3O4/c1-11-13(19)7-5-8-14(11)21-17(23)18(24)22-20-10-12-6-4-9-15(25-2)16(12)26-3/h4-10H,1-3H3,(H,21,23)(H,22,24)/b20-10-. The van der Waals surface area contributed by atoms with Crippen molar-refractivity contribution in [1.82, 2.24) is 5.43 Å². The number of hydrazone groups is 1. The number of benzene rings is 2. The van der Waals surface area contributed by atoms with Crippen molar-refractivity contribution in [2.24, 2.45) is 5.10 Å². The molecule has 136 valence electrons. The van der Waals surface area contributed by atoms with E-state index in [-0.39, 0.29) is 0 Å². The number of anilines is 1. The van der Waals surface area contributed by atoms with Gasteiger partial charge in [0.25, 0.3) is 0 Å². The Morgan fingerprint density at radius 2 is 1.81 bits per heavy atom. The number of carbonyl (C=O) groups is 2. The molecule has 0 aliphatic heterocycles. The number of methoxy groups -OCH3 is 2. The third-order valence-corrected chi connectivity index (χ3v) is 3.93. The Morgan fingerprint density at radius 1 is 1.08 bits per heavy atom. The molecule has 0 spiro atoms. The van der Waals surface area contributed by atoms with Crippen molar-refractivity contribution in [3.05, 3.63) is 52.5 Å².